The van der Waals surface area contributed by atoms with Gasteiger partial charge >= 0.3 is 0 Å². The summed E-state index contributed by atoms with van der Waals surface area (Å²) in [6.45, 7) is 6.35. The molecule has 2 aromatic rings. The van der Waals surface area contributed by atoms with Crippen molar-refractivity contribution in [3.63, 3.8) is 0 Å². The zero-order chi connectivity index (χ0) is 15.2. The summed E-state index contributed by atoms with van der Waals surface area (Å²) in [5, 5.41) is 0. The highest BCUT2D eigenvalue weighted by Crippen LogP contribution is 2.37. The molecule has 2 N–H and O–H groups in total. The van der Waals surface area contributed by atoms with Gasteiger partial charge in [-0.2, -0.15) is 0 Å². The lowest BCUT2D eigenvalue weighted by Crippen LogP contribution is -2.06. The average molecular weight is 354 g/mol. The molecule has 0 atom stereocenters. The molecule has 114 valence electrons. The highest BCUT2D eigenvalue weighted by atomic mass is 79.9. The van der Waals surface area contributed by atoms with E-state index in [1.54, 1.807) is 6.33 Å². The maximum Gasteiger partial charge on any atom is 0.175 e. The quantitative estimate of drug-likeness (QED) is 0.830. The molecular weight excluding hydrogens is 334 g/mol. The first-order valence-corrected chi connectivity index (χ1v) is 7.75. The van der Waals surface area contributed by atoms with Gasteiger partial charge in [0.15, 0.2) is 11.5 Å². The molecule has 0 bridgehead atoms. The predicted molar refractivity (Wildman–Crippen MR) is 85.4 cm³/mol. The Morgan fingerprint density at radius 1 is 1.29 bits per heavy atom. The number of hydrogen-bond acceptors (Lipinski definition) is 4. The lowest BCUT2D eigenvalue weighted by molar-refractivity contribution is 0.261. The average Bonchev–Trinajstić information content (AvgIpc) is 2.94. The van der Waals surface area contributed by atoms with E-state index >= 15 is 0 Å². The number of rotatable bonds is 7. The minimum Gasteiger partial charge on any atom is -0.490 e. The van der Waals surface area contributed by atoms with Crippen molar-refractivity contribution in [3.05, 3.63) is 40.4 Å². The van der Waals surface area contributed by atoms with Gasteiger partial charge in [0.1, 0.15) is 6.61 Å². The van der Waals surface area contributed by atoms with Crippen LogP contribution in [-0.4, -0.2) is 16.2 Å². The monoisotopic (exact) mass is 353 g/mol. The maximum absolute atomic E-state index is 5.93. The van der Waals surface area contributed by atoms with Crippen LogP contribution in [0, 0.1) is 0 Å². The minimum atomic E-state index is 0.439. The Hall–Kier alpha value is -1.53. The first-order valence-electron chi connectivity index (χ1n) is 6.96. The number of benzene rings is 1. The van der Waals surface area contributed by atoms with E-state index in [2.05, 4.69) is 27.8 Å². The van der Waals surface area contributed by atoms with E-state index in [0.717, 1.165) is 22.3 Å². The Labute approximate surface area is 133 Å². The summed E-state index contributed by atoms with van der Waals surface area (Å²) >= 11 is 3.53. The second kappa shape index (κ2) is 7.47. The zero-order valence-corrected chi connectivity index (χ0v) is 13.9. The van der Waals surface area contributed by atoms with Crippen LogP contribution in [0.2, 0.25) is 0 Å². The van der Waals surface area contributed by atoms with Gasteiger partial charge in [0.05, 0.1) is 29.3 Å². The summed E-state index contributed by atoms with van der Waals surface area (Å²) in [6, 6.07) is 3.87. The van der Waals surface area contributed by atoms with Gasteiger partial charge < -0.3 is 19.8 Å². The van der Waals surface area contributed by atoms with Gasteiger partial charge in [0.2, 0.25) is 0 Å². The summed E-state index contributed by atoms with van der Waals surface area (Å²) in [5.74, 6) is 1.40. The van der Waals surface area contributed by atoms with Crippen LogP contribution in [0.3, 0.4) is 0 Å². The Morgan fingerprint density at radius 3 is 2.76 bits per heavy atom. The Morgan fingerprint density at radius 2 is 2.10 bits per heavy atom. The number of ether oxygens (including phenoxy) is 2. The molecule has 1 aromatic heterocycles. The summed E-state index contributed by atoms with van der Waals surface area (Å²) in [7, 11) is 0. The van der Waals surface area contributed by atoms with Crippen molar-refractivity contribution in [2.45, 2.75) is 33.5 Å². The van der Waals surface area contributed by atoms with Crippen molar-refractivity contribution in [2.75, 3.05) is 6.61 Å². The molecule has 0 unspecified atom stereocenters. The van der Waals surface area contributed by atoms with Crippen molar-refractivity contribution in [3.8, 4) is 11.5 Å². The molecule has 0 radical (unpaired) electrons. The second-order valence-corrected chi connectivity index (χ2v) is 5.36. The molecular formula is C15H20BrN3O2. The van der Waals surface area contributed by atoms with Crippen LogP contribution >= 0.6 is 15.9 Å². The summed E-state index contributed by atoms with van der Waals surface area (Å²) in [5.41, 5.74) is 7.71. The molecule has 0 fully saturated rings. The number of halogens is 1. The molecule has 0 aliphatic carbocycles. The lowest BCUT2D eigenvalue weighted by Gasteiger charge is -2.15. The van der Waals surface area contributed by atoms with Crippen molar-refractivity contribution < 1.29 is 9.47 Å². The van der Waals surface area contributed by atoms with E-state index in [0.29, 0.717) is 31.3 Å². The van der Waals surface area contributed by atoms with Crippen molar-refractivity contribution in [1.29, 1.82) is 0 Å². The number of nitrogens with zero attached hydrogens (tertiary/aromatic N) is 2. The number of imidazole rings is 1. The number of aromatic nitrogens is 2. The third kappa shape index (κ3) is 3.77. The molecule has 0 spiro atoms. The van der Waals surface area contributed by atoms with Gasteiger partial charge in [-0.05, 0) is 47.5 Å². The third-order valence-electron chi connectivity index (χ3n) is 3.11. The lowest BCUT2D eigenvalue weighted by atomic mass is 10.2. The fraction of sp³-hybridized carbons (Fsp3) is 0.400. The third-order valence-corrected chi connectivity index (χ3v) is 3.70. The van der Waals surface area contributed by atoms with Crippen LogP contribution < -0.4 is 15.2 Å². The molecule has 0 saturated carbocycles. The first-order chi connectivity index (χ1) is 10.2. The summed E-state index contributed by atoms with van der Waals surface area (Å²) in [4.78, 5) is 4.14. The highest BCUT2D eigenvalue weighted by Gasteiger charge is 2.13. The highest BCUT2D eigenvalue weighted by molar-refractivity contribution is 9.10. The van der Waals surface area contributed by atoms with E-state index in [1.165, 1.54) is 0 Å². The van der Waals surface area contributed by atoms with Crippen LogP contribution in [0.25, 0.3) is 0 Å². The topological polar surface area (TPSA) is 62.3 Å². The SMILES string of the molecule is CCOc1cc(CN)cc(Br)c1OCc1cncn1CC. The normalized spacial score (nSPS) is 10.7. The first kappa shape index (κ1) is 15.9. The summed E-state index contributed by atoms with van der Waals surface area (Å²) < 4.78 is 14.5. The van der Waals surface area contributed by atoms with Crippen molar-refractivity contribution in [1.82, 2.24) is 9.55 Å². The Kier molecular flexibility index (Phi) is 5.64. The van der Waals surface area contributed by atoms with Crippen molar-refractivity contribution >= 4 is 15.9 Å². The number of nitrogens with two attached hydrogens (primary N) is 1. The van der Waals surface area contributed by atoms with Crippen molar-refractivity contribution in [2.24, 2.45) is 5.73 Å². The van der Waals surface area contributed by atoms with Gasteiger partial charge in [0, 0.05) is 13.1 Å². The molecule has 0 saturated heterocycles. The largest absolute Gasteiger partial charge is 0.490 e. The fourth-order valence-electron chi connectivity index (χ4n) is 2.04. The van der Waals surface area contributed by atoms with Crippen LogP contribution in [0.15, 0.2) is 29.1 Å². The van der Waals surface area contributed by atoms with E-state index < -0.39 is 0 Å². The smallest absolute Gasteiger partial charge is 0.175 e. The standard InChI is InChI=1S/C15H20BrN3O2/c1-3-19-10-18-8-12(19)9-21-15-13(16)5-11(7-17)6-14(15)20-4-2/h5-6,8,10H,3-4,7,9,17H2,1-2H3. The molecule has 6 heteroatoms. The molecule has 0 aliphatic heterocycles. The van der Waals surface area contributed by atoms with Gasteiger partial charge in [0.25, 0.3) is 0 Å². The second-order valence-electron chi connectivity index (χ2n) is 4.50. The molecule has 5 nitrogen and oxygen atoms in total. The van der Waals surface area contributed by atoms with Gasteiger partial charge in [-0.15, -0.1) is 0 Å². The molecule has 1 aromatic carbocycles. The van der Waals surface area contributed by atoms with Crippen LogP contribution in [0.5, 0.6) is 11.5 Å². The Balaban J connectivity index is 2.22. The summed E-state index contributed by atoms with van der Waals surface area (Å²) in [6.07, 6.45) is 3.61. The molecule has 0 amide bonds. The predicted octanol–water partition coefficient (Wildman–Crippen LogP) is 3.10. The zero-order valence-electron chi connectivity index (χ0n) is 12.3. The van der Waals surface area contributed by atoms with Crippen LogP contribution in [-0.2, 0) is 19.7 Å². The Bertz CT molecular complexity index is 599. The van der Waals surface area contributed by atoms with E-state index in [4.69, 9.17) is 15.2 Å². The number of aryl methyl sites for hydroxylation is 1. The van der Waals surface area contributed by atoms with Gasteiger partial charge in [-0.25, -0.2) is 4.98 Å². The van der Waals surface area contributed by atoms with E-state index in [9.17, 15) is 0 Å². The van der Waals surface area contributed by atoms with Crippen LogP contribution in [0.4, 0.5) is 0 Å². The molecule has 2 rings (SSSR count). The minimum absolute atomic E-state index is 0.439. The van der Waals surface area contributed by atoms with Gasteiger partial charge in [-0.1, -0.05) is 0 Å². The number of hydrogen-bond donors (Lipinski definition) is 1. The van der Waals surface area contributed by atoms with E-state index in [1.807, 2.05) is 29.8 Å². The van der Waals surface area contributed by atoms with Gasteiger partial charge in [-0.3, -0.25) is 0 Å². The van der Waals surface area contributed by atoms with E-state index in [-0.39, 0.29) is 0 Å². The molecule has 21 heavy (non-hydrogen) atoms. The molecule has 0 aliphatic rings. The molecule has 1 heterocycles. The maximum atomic E-state index is 5.93. The fourth-order valence-corrected chi connectivity index (χ4v) is 2.65. The van der Waals surface area contributed by atoms with Crippen LogP contribution in [0.1, 0.15) is 25.1 Å².